The van der Waals surface area contributed by atoms with Gasteiger partial charge in [0.15, 0.2) is 23.9 Å². The Labute approximate surface area is 139 Å². The van der Waals surface area contributed by atoms with E-state index in [9.17, 15) is 9.59 Å². The summed E-state index contributed by atoms with van der Waals surface area (Å²) in [6.45, 7) is 3.07. The zero-order valence-electron chi connectivity index (χ0n) is 13.7. The van der Waals surface area contributed by atoms with Crippen molar-refractivity contribution in [2.75, 3.05) is 13.7 Å². The minimum atomic E-state index is -1.07. The third-order valence-electron chi connectivity index (χ3n) is 3.27. The molecule has 0 spiro atoms. The highest BCUT2D eigenvalue weighted by Gasteiger charge is 2.11. The van der Waals surface area contributed by atoms with Crippen molar-refractivity contribution in [3.8, 4) is 11.5 Å². The third-order valence-corrected chi connectivity index (χ3v) is 3.27. The highest BCUT2D eigenvalue weighted by molar-refractivity contribution is 6.07. The molecule has 0 aliphatic heterocycles. The van der Waals surface area contributed by atoms with Crippen LogP contribution in [0.15, 0.2) is 34.8 Å². The molecule has 126 valence electrons. The summed E-state index contributed by atoms with van der Waals surface area (Å²) in [6, 6.07) is 6.66. The van der Waals surface area contributed by atoms with Crippen LogP contribution in [-0.2, 0) is 4.79 Å². The maximum Gasteiger partial charge on any atom is 0.341 e. The Balaban J connectivity index is 2.16. The molecule has 0 radical (unpaired) electrons. The number of benzene rings is 1. The number of allylic oxidation sites excluding steroid dienone is 1. The zero-order chi connectivity index (χ0) is 17.7. The molecule has 1 N–H and O–H groups in total. The SMILES string of the molecule is COc1cc(/C=C/C(=O)c2cc(C)oc2C)ccc1OCC(=O)O. The minimum Gasteiger partial charge on any atom is -0.493 e. The summed E-state index contributed by atoms with van der Waals surface area (Å²) in [5.74, 6) is 0.751. The first-order valence-electron chi connectivity index (χ1n) is 7.22. The lowest BCUT2D eigenvalue weighted by molar-refractivity contribution is -0.139. The van der Waals surface area contributed by atoms with Crippen molar-refractivity contribution in [2.24, 2.45) is 0 Å². The fourth-order valence-electron chi connectivity index (χ4n) is 2.18. The number of carbonyl (C=O) groups is 2. The molecule has 6 nitrogen and oxygen atoms in total. The number of ether oxygens (including phenoxy) is 2. The van der Waals surface area contributed by atoms with E-state index in [-0.39, 0.29) is 5.78 Å². The summed E-state index contributed by atoms with van der Waals surface area (Å²) in [5, 5.41) is 8.65. The third kappa shape index (κ3) is 4.25. The molecule has 0 saturated heterocycles. The number of methoxy groups -OCH3 is 1. The van der Waals surface area contributed by atoms with E-state index in [1.54, 1.807) is 44.2 Å². The van der Waals surface area contributed by atoms with Crippen LogP contribution in [0.25, 0.3) is 6.08 Å². The van der Waals surface area contributed by atoms with Gasteiger partial charge in [0.05, 0.1) is 12.7 Å². The number of hydrogen-bond acceptors (Lipinski definition) is 5. The van der Waals surface area contributed by atoms with Gasteiger partial charge in [-0.25, -0.2) is 4.79 Å². The smallest absolute Gasteiger partial charge is 0.341 e. The van der Waals surface area contributed by atoms with Gasteiger partial charge in [-0.15, -0.1) is 0 Å². The Kier molecular flexibility index (Phi) is 5.42. The average Bonchev–Trinajstić information content (AvgIpc) is 2.89. The van der Waals surface area contributed by atoms with E-state index < -0.39 is 12.6 Å². The van der Waals surface area contributed by atoms with Gasteiger partial charge in [0.1, 0.15) is 11.5 Å². The van der Waals surface area contributed by atoms with Crippen LogP contribution in [0.3, 0.4) is 0 Å². The van der Waals surface area contributed by atoms with Gasteiger partial charge in [0, 0.05) is 0 Å². The van der Waals surface area contributed by atoms with Gasteiger partial charge in [-0.05, 0) is 43.7 Å². The Morgan fingerprint density at radius 3 is 2.54 bits per heavy atom. The normalized spacial score (nSPS) is 10.8. The first-order valence-corrected chi connectivity index (χ1v) is 7.22. The monoisotopic (exact) mass is 330 g/mol. The number of aryl methyl sites for hydroxylation is 2. The van der Waals surface area contributed by atoms with Gasteiger partial charge in [-0.1, -0.05) is 12.1 Å². The van der Waals surface area contributed by atoms with Crippen LogP contribution in [0.2, 0.25) is 0 Å². The molecule has 2 aromatic rings. The second kappa shape index (κ2) is 7.50. The quantitative estimate of drug-likeness (QED) is 0.619. The molecular formula is C18H18O6. The summed E-state index contributed by atoms with van der Waals surface area (Å²) < 4.78 is 15.7. The summed E-state index contributed by atoms with van der Waals surface area (Å²) in [4.78, 5) is 22.7. The largest absolute Gasteiger partial charge is 0.493 e. The van der Waals surface area contributed by atoms with Crippen molar-refractivity contribution >= 4 is 17.8 Å². The molecule has 2 rings (SSSR count). The Morgan fingerprint density at radius 1 is 1.21 bits per heavy atom. The van der Waals surface area contributed by atoms with Gasteiger partial charge in [-0.2, -0.15) is 0 Å². The van der Waals surface area contributed by atoms with E-state index >= 15 is 0 Å². The van der Waals surface area contributed by atoms with E-state index in [1.807, 2.05) is 0 Å². The van der Waals surface area contributed by atoms with Gasteiger partial charge < -0.3 is 19.0 Å². The van der Waals surface area contributed by atoms with Crippen molar-refractivity contribution in [2.45, 2.75) is 13.8 Å². The summed E-state index contributed by atoms with van der Waals surface area (Å²) >= 11 is 0. The maximum absolute atomic E-state index is 12.2. The fourth-order valence-corrected chi connectivity index (χ4v) is 2.18. The van der Waals surface area contributed by atoms with E-state index in [1.165, 1.54) is 13.2 Å². The zero-order valence-corrected chi connectivity index (χ0v) is 13.7. The topological polar surface area (TPSA) is 86.0 Å². The molecule has 0 aliphatic carbocycles. The molecule has 0 aliphatic rings. The lowest BCUT2D eigenvalue weighted by atomic mass is 10.1. The van der Waals surface area contributed by atoms with Gasteiger partial charge >= 0.3 is 5.97 Å². The Hall–Kier alpha value is -3.02. The number of aliphatic carboxylic acids is 1. The van der Waals surface area contributed by atoms with Gasteiger partial charge in [-0.3, -0.25) is 4.79 Å². The molecule has 1 aromatic heterocycles. The molecule has 0 saturated carbocycles. The van der Waals surface area contributed by atoms with Crippen LogP contribution >= 0.6 is 0 Å². The summed E-state index contributed by atoms with van der Waals surface area (Å²) in [6.07, 6.45) is 3.09. The highest BCUT2D eigenvalue weighted by Crippen LogP contribution is 2.28. The molecule has 0 unspecified atom stereocenters. The van der Waals surface area contributed by atoms with Crippen LogP contribution in [0.4, 0.5) is 0 Å². The predicted molar refractivity (Wildman–Crippen MR) is 87.7 cm³/mol. The Morgan fingerprint density at radius 2 is 1.96 bits per heavy atom. The van der Waals surface area contributed by atoms with Crippen LogP contribution in [0.1, 0.15) is 27.4 Å². The molecule has 6 heteroatoms. The van der Waals surface area contributed by atoms with Crippen molar-refractivity contribution in [3.63, 3.8) is 0 Å². The molecule has 0 bridgehead atoms. The first kappa shape index (κ1) is 17.3. The van der Waals surface area contributed by atoms with E-state index in [2.05, 4.69) is 0 Å². The molecule has 1 aromatic carbocycles. The lowest BCUT2D eigenvalue weighted by Gasteiger charge is -2.09. The second-order valence-electron chi connectivity index (χ2n) is 5.12. The number of carboxylic acid groups (broad SMARTS) is 1. The number of furan rings is 1. The van der Waals surface area contributed by atoms with Crippen molar-refractivity contribution < 1.29 is 28.6 Å². The minimum absolute atomic E-state index is 0.158. The number of carboxylic acids is 1. The van der Waals surface area contributed by atoms with Crippen molar-refractivity contribution in [1.29, 1.82) is 0 Å². The number of rotatable bonds is 7. The maximum atomic E-state index is 12.2. The summed E-state index contributed by atoms with van der Waals surface area (Å²) in [7, 11) is 1.46. The average molecular weight is 330 g/mol. The van der Waals surface area contributed by atoms with Crippen LogP contribution < -0.4 is 9.47 Å². The first-order chi connectivity index (χ1) is 11.4. The van der Waals surface area contributed by atoms with E-state index in [4.69, 9.17) is 19.0 Å². The second-order valence-corrected chi connectivity index (χ2v) is 5.12. The van der Waals surface area contributed by atoms with Gasteiger partial charge in [0.25, 0.3) is 0 Å². The number of hydrogen-bond donors (Lipinski definition) is 1. The molecule has 0 amide bonds. The van der Waals surface area contributed by atoms with Gasteiger partial charge in [0.2, 0.25) is 0 Å². The molecule has 0 fully saturated rings. The van der Waals surface area contributed by atoms with Crippen LogP contribution in [0.5, 0.6) is 11.5 Å². The Bertz CT molecular complexity index is 785. The highest BCUT2D eigenvalue weighted by atomic mass is 16.5. The standard InChI is InChI=1S/C18H18O6/c1-11-8-14(12(2)24-11)15(19)6-4-13-5-7-16(17(9-13)22-3)23-10-18(20)21/h4-9H,10H2,1-3H3,(H,20,21)/b6-4+. The molecule has 24 heavy (non-hydrogen) atoms. The van der Waals surface area contributed by atoms with Crippen molar-refractivity contribution in [1.82, 2.24) is 0 Å². The lowest BCUT2D eigenvalue weighted by Crippen LogP contribution is -2.10. The van der Waals surface area contributed by atoms with Crippen LogP contribution in [-0.4, -0.2) is 30.6 Å². The molecular weight excluding hydrogens is 312 g/mol. The molecule has 1 heterocycles. The predicted octanol–water partition coefficient (Wildman–Crippen LogP) is 3.26. The van der Waals surface area contributed by atoms with Crippen LogP contribution in [0, 0.1) is 13.8 Å². The number of ketones is 1. The summed E-state index contributed by atoms with van der Waals surface area (Å²) in [5.41, 5.74) is 1.25. The molecule has 0 atom stereocenters. The number of carbonyl (C=O) groups excluding carboxylic acids is 1. The van der Waals surface area contributed by atoms with Crippen molar-refractivity contribution in [3.05, 3.63) is 53.0 Å². The fraction of sp³-hybridized carbons (Fsp3) is 0.222. The van der Waals surface area contributed by atoms with E-state index in [0.29, 0.717) is 28.6 Å². The van der Waals surface area contributed by atoms with E-state index in [0.717, 1.165) is 5.56 Å².